The first kappa shape index (κ1) is 16.3. The van der Waals surface area contributed by atoms with E-state index >= 15 is 0 Å². The van der Waals surface area contributed by atoms with Gasteiger partial charge in [0.05, 0.1) is 11.0 Å². The quantitative estimate of drug-likeness (QED) is 0.780. The third kappa shape index (κ3) is 5.02. The normalized spacial score (nSPS) is 15.1. The molecule has 2 atom stereocenters. The third-order valence-corrected chi connectivity index (χ3v) is 4.86. The van der Waals surface area contributed by atoms with Gasteiger partial charge in [-0.3, -0.25) is 4.21 Å². The maximum atomic E-state index is 12.0. The van der Waals surface area contributed by atoms with E-state index in [1.165, 1.54) is 18.4 Å². The second-order valence-corrected chi connectivity index (χ2v) is 7.49. The first-order chi connectivity index (χ1) is 8.86. The highest BCUT2D eigenvalue weighted by molar-refractivity contribution is 7.89. The summed E-state index contributed by atoms with van der Waals surface area (Å²) in [7, 11) is -4.65. The molecule has 0 bridgehead atoms. The highest BCUT2D eigenvalue weighted by Crippen LogP contribution is 2.19. The van der Waals surface area contributed by atoms with Crippen molar-refractivity contribution < 1.29 is 17.7 Å². The minimum atomic E-state index is -3.62. The average Bonchev–Trinajstić information content (AvgIpc) is 2.37. The van der Waals surface area contributed by atoms with Crippen molar-refractivity contribution in [1.29, 1.82) is 0 Å². The molecule has 108 valence electrons. The van der Waals surface area contributed by atoms with E-state index < -0.39 is 26.9 Å². The van der Waals surface area contributed by atoms with E-state index in [0.29, 0.717) is 12.0 Å². The molecule has 19 heavy (non-hydrogen) atoms. The summed E-state index contributed by atoms with van der Waals surface area (Å²) in [5, 5.41) is 9.71. The van der Waals surface area contributed by atoms with Gasteiger partial charge in [-0.2, -0.15) is 0 Å². The van der Waals surface area contributed by atoms with Crippen LogP contribution in [0.4, 0.5) is 0 Å². The topological polar surface area (TPSA) is 83.5 Å². The number of sulfonamides is 1. The summed E-state index contributed by atoms with van der Waals surface area (Å²) in [4.78, 5) is 0.111. The Morgan fingerprint density at radius 2 is 2.11 bits per heavy atom. The van der Waals surface area contributed by atoms with E-state index in [1.807, 2.05) is 6.92 Å². The SMILES string of the molecule is CCC(O)c1cccc(S(=O)(=O)NCCS(C)=O)c1. The summed E-state index contributed by atoms with van der Waals surface area (Å²) in [6.45, 7) is 1.95. The second-order valence-electron chi connectivity index (χ2n) is 4.17. The Morgan fingerprint density at radius 1 is 1.42 bits per heavy atom. The molecule has 2 N–H and O–H groups in total. The lowest BCUT2D eigenvalue weighted by Gasteiger charge is -2.11. The molecule has 0 aromatic heterocycles. The number of rotatable bonds is 7. The number of benzene rings is 1. The smallest absolute Gasteiger partial charge is 0.240 e. The van der Waals surface area contributed by atoms with Crippen LogP contribution < -0.4 is 4.72 Å². The van der Waals surface area contributed by atoms with Gasteiger partial charge in [-0.15, -0.1) is 0 Å². The number of hydrogen-bond donors (Lipinski definition) is 2. The maximum Gasteiger partial charge on any atom is 0.240 e. The predicted octanol–water partition coefficient (Wildman–Crippen LogP) is 0.787. The van der Waals surface area contributed by atoms with Crippen LogP contribution in [0, 0.1) is 0 Å². The molecule has 0 fully saturated rings. The minimum absolute atomic E-state index is 0.111. The van der Waals surface area contributed by atoms with Gasteiger partial charge < -0.3 is 5.11 Å². The maximum absolute atomic E-state index is 12.0. The molecule has 0 spiro atoms. The summed E-state index contributed by atoms with van der Waals surface area (Å²) in [6.07, 6.45) is 1.37. The molecule has 1 aromatic carbocycles. The van der Waals surface area contributed by atoms with Crippen molar-refractivity contribution >= 4 is 20.8 Å². The third-order valence-electron chi connectivity index (χ3n) is 2.62. The molecule has 2 unspecified atom stereocenters. The highest BCUT2D eigenvalue weighted by atomic mass is 32.2. The molecule has 0 saturated carbocycles. The van der Waals surface area contributed by atoms with Crippen LogP contribution in [-0.2, 0) is 20.8 Å². The standard InChI is InChI=1S/C12H19NO4S2/c1-3-12(14)10-5-4-6-11(9-10)19(16,17)13-7-8-18(2)15/h4-6,9,12-14H,3,7-8H2,1-2H3. The average molecular weight is 305 g/mol. The Morgan fingerprint density at radius 3 is 2.68 bits per heavy atom. The van der Waals surface area contributed by atoms with Crippen molar-refractivity contribution in [2.75, 3.05) is 18.6 Å². The zero-order valence-corrected chi connectivity index (χ0v) is 12.6. The van der Waals surface area contributed by atoms with Gasteiger partial charge in [0.15, 0.2) is 0 Å². The molecular weight excluding hydrogens is 286 g/mol. The Kier molecular flexibility index (Phi) is 6.12. The lowest BCUT2D eigenvalue weighted by atomic mass is 10.1. The van der Waals surface area contributed by atoms with Crippen LogP contribution in [0.3, 0.4) is 0 Å². The van der Waals surface area contributed by atoms with Gasteiger partial charge >= 0.3 is 0 Å². The Hall–Kier alpha value is -0.760. The van der Waals surface area contributed by atoms with Gasteiger partial charge in [0.25, 0.3) is 0 Å². The molecule has 0 heterocycles. The lowest BCUT2D eigenvalue weighted by Crippen LogP contribution is -2.27. The fourth-order valence-corrected chi connectivity index (χ4v) is 3.13. The zero-order chi connectivity index (χ0) is 14.5. The Balaban J connectivity index is 2.86. The van der Waals surface area contributed by atoms with Crippen LogP contribution in [0.5, 0.6) is 0 Å². The molecule has 5 nitrogen and oxygen atoms in total. The molecule has 7 heteroatoms. The number of aliphatic hydroxyl groups excluding tert-OH is 1. The van der Waals surface area contributed by atoms with Gasteiger partial charge in [0.1, 0.15) is 0 Å². The van der Waals surface area contributed by atoms with Gasteiger partial charge in [0.2, 0.25) is 10.0 Å². The molecule has 0 aliphatic carbocycles. The first-order valence-electron chi connectivity index (χ1n) is 5.94. The van der Waals surface area contributed by atoms with Crippen LogP contribution in [0.25, 0.3) is 0 Å². The fourth-order valence-electron chi connectivity index (χ4n) is 1.53. The van der Waals surface area contributed by atoms with E-state index in [4.69, 9.17) is 0 Å². The van der Waals surface area contributed by atoms with Gasteiger partial charge in [0, 0.05) is 29.4 Å². The minimum Gasteiger partial charge on any atom is -0.388 e. The molecule has 1 rings (SSSR count). The van der Waals surface area contributed by atoms with Crippen molar-refractivity contribution in [3.05, 3.63) is 29.8 Å². The summed E-state index contributed by atoms with van der Waals surface area (Å²) >= 11 is 0. The van der Waals surface area contributed by atoms with E-state index in [0.717, 1.165) is 0 Å². The van der Waals surface area contributed by atoms with E-state index in [9.17, 15) is 17.7 Å². The fraction of sp³-hybridized carbons (Fsp3) is 0.500. The van der Waals surface area contributed by atoms with E-state index in [2.05, 4.69) is 4.72 Å². The molecule has 0 saturated heterocycles. The monoisotopic (exact) mass is 305 g/mol. The number of hydrogen-bond acceptors (Lipinski definition) is 4. The van der Waals surface area contributed by atoms with Crippen LogP contribution in [0.2, 0.25) is 0 Å². The summed E-state index contributed by atoms with van der Waals surface area (Å²) < 4.78 is 37.3. The van der Waals surface area contributed by atoms with Crippen molar-refractivity contribution in [1.82, 2.24) is 4.72 Å². The first-order valence-corrected chi connectivity index (χ1v) is 9.15. The molecule has 0 aliphatic rings. The van der Waals surface area contributed by atoms with E-state index in [-0.39, 0.29) is 17.2 Å². The van der Waals surface area contributed by atoms with Crippen molar-refractivity contribution in [3.8, 4) is 0 Å². The van der Waals surface area contributed by atoms with Crippen LogP contribution in [0.15, 0.2) is 29.2 Å². The van der Waals surface area contributed by atoms with Crippen LogP contribution in [-0.4, -0.2) is 36.3 Å². The van der Waals surface area contributed by atoms with Gasteiger partial charge in [-0.1, -0.05) is 19.1 Å². The Bertz CT molecular complexity index is 542. The highest BCUT2D eigenvalue weighted by Gasteiger charge is 2.15. The van der Waals surface area contributed by atoms with Crippen LogP contribution in [0.1, 0.15) is 25.0 Å². The zero-order valence-electron chi connectivity index (χ0n) is 11.0. The Labute approximate surface area is 116 Å². The van der Waals surface area contributed by atoms with Crippen molar-refractivity contribution in [2.45, 2.75) is 24.3 Å². The molecular formula is C12H19NO4S2. The second kappa shape index (κ2) is 7.14. The molecule has 0 amide bonds. The summed E-state index contributed by atoms with van der Waals surface area (Å²) in [6, 6.07) is 6.21. The van der Waals surface area contributed by atoms with Gasteiger partial charge in [-0.25, -0.2) is 13.1 Å². The van der Waals surface area contributed by atoms with E-state index in [1.54, 1.807) is 12.1 Å². The number of nitrogens with one attached hydrogen (secondary N) is 1. The van der Waals surface area contributed by atoms with Crippen LogP contribution >= 0.6 is 0 Å². The molecule has 0 radical (unpaired) electrons. The lowest BCUT2D eigenvalue weighted by molar-refractivity contribution is 0.173. The molecule has 1 aromatic rings. The van der Waals surface area contributed by atoms with Crippen molar-refractivity contribution in [3.63, 3.8) is 0 Å². The largest absolute Gasteiger partial charge is 0.388 e. The molecule has 0 aliphatic heterocycles. The summed E-state index contributed by atoms with van der Waals surface area (Å²) in [5.41, 5.74) is 0.574. The number of aliphatic hydroxyl groups is 1. The van der Waals surface area contributed by atoms with Crippen molar-refractivity contribution in [2.24, 2.45) is 0 Å². The summed E-state index contributed by atoms with van der Waals surface area (Å²) in [5.74, 6) is 0.274. The predicted molar refractivity (Wildman–Crippen MR) is 75.8 cm³/mol. The van der Waals surface area contributed by atoms with Gasteiger partial charge in [-0.05, 0) is 24.1 Å².